The molecule has 0 heterocycles. The highest BCUT2D eigenvalue weighted by molar-refractivity contribution is 6.82. The summed E-state index contributed by atoms with van der Waals surface area (Å²) in [6.45, 7) is 32.9. The predicted octanol–water partition coefficient (Wildman–Crippen LogP) is 18.2. The summed E-state index contributed by atoms with van der Waals surface area (Å²) in [5.41, 5.74) is 0. The zero-order chi connectivity index (χ0) is 50.7. The third-order valence-corrected chi connectivity index (χ3v) is 26.6. The summed E-state index contributed by atoms with van der Waals surface area (Å²) in [4.78, 5) is 2.65. The number of hydrogen-bond donors (Lipinski definition) is 1. The molecular weight excluding hydrogens is 911 g/mol. The topological polar surface area (TPSA) is 78.9 Å². The van der Waals surface area contributed by atoms with Crippen molar-refractivity contribution in [3.8, 4) is 0 Å². The lowest BCUT2D eigenvalue weighted by Gasteiger charge is -2.36. The monoisotopic (exact) mass is 1030 g/mol. The summed E-state index contributed by atoms with van der Waals surface area (Å²) in [6.07, 6.45) is 41.7. The molecule has 0 radical (unpaired) electrons. The van der Waals surface area contributed by atoms with Crippen molar-refractivity contribution in [3.63, 3.8) is 0 Å². The van der Waals surface area contributed by atoms with Gasteiger partial charge >= 0.3 is 17.1 Å². The summed E-state index contributed by atoms with van der Waals surface area (Å²) in [5.74, 6) is 0. The fourth-order valence-corrected chi connectivity index (χ4v) is 25.4. The van der Waals surface area contributed by atoms with Crippen LogP contribution in [0.25, 0.3) is 0 Å². The Kier molecular flexibility index (Phi) is 45.3. The van der Waals surface area contributed by atoms with Gasteiger partial charge in [0.1, 0.15) is 12.6 Å². The van der Waals surface area contributed by atoms with Gasteiger partial charge in [-0.1, -0.05) is 182 Å². The van der Waals surface area contributed by atoms with Gasteiger partial charge < -0.3 is 36.6 Å². The summed E-state index contributed by atoms with van der Waals surface area (Å²) in [6, 6.07) is 2.45. The summed E-state index contributed by atoms with van der Waals surface area (Å²) in [5, 5.41) is 9.50. The normalized spacial score (nSPS) is 13.9. The van der Waals surface area contributed by atoms with Gasteiger partial charge in [-0.2, -0.15) is 0 Å². The van der Waals surface area contributed by atoms with Crippen LogP contribution in [0.3, 0.4) is 0 Å². The Hall–Kier alpha value is 0.548. The van der Waals surface area contributed by atoms with Gasteiger partial charge in [0.2, 0.25) is 0 Å². The van der Waals surface area contributed by atoms with E-state index in [0.717, 1.165) is 84.2 Å². The first-order valence-corrected chi connectivity index (χ1v) is 41.7. The van der Waals surface area contributed by atoms with Crippen LogP contribution in [0.4, 0.5) is 0 Å². The van der Waals surface area contributed by atoms with Crippen molar-refractivity contribution >= 4 is 33.8 Å². The van der Waals surface area contributed by atoms with Crippen LogP contribution >= 0.6 is 0 Å². The number of rotatable bonds is 54. The maximum atomic E-state index is 9.50. The zero-order valence-corrected chi connectivity index (χ0v) is 52.2. The molecule has 1 N–H and O–H groups in total. The molecule has 410 valence electrons. The zero-order valence-electron chi connectivity index (χ0n) is 48.2. The standard InChI is InChI=1S/C56H123NO7Si4/c1-13-17-21-25-33-43-53-65(5,6)63-67(9,10)61-55(45-35-27-23-19-15-3)59-51-41-31-29-37-47-57(49-39-40-50-58)48-38-30-32-42-52-60-56(46-36-28-24-20-16-4)62-68(11,12)64-66(7,8)54-44-34-26-22-18-14-2/h55-56,58H,13-54H2,1-12H3. The van der Waals surface area contributed by atoms with Gasteiger partial charge in [0, 0.05) is 19.8 Å². The van der Waals surface area contributed by atoms with Gasteiger partial charge in [0.15, 0.2) is 16.6 Å². The quantitative estimate of drug-likeness (QED) is 0.0367. The number of ether oxygens (including phenoxy) is 2. The molecule has 0 spiro atoms. The molecule has 0 aliphatic carbocycles. The van der Waals surface area contributed by atoms with Crippen molar-refractivity contribution in [1.29, 1.82) is 0 Å². The average Bonchev–Trinajstić information content (AvgIpc) is 3.26. The van der Waals surface area contributed by atoms with Crippen molar-refractivity contribution < 1.29 is 31.7 Å². The molecule has 0 saturated carbocycles. The van der Waals surface area contributed by atoms with Gasteiger partial charge in [0.25, 0.3) is 0 Å². The Morgan fingerprint density at radius 3 is 1.00 bits per heavy atom. The number of unbranched alkanes of at least 4 members (excludes halogenated alkanes) is 25. The van der Waals surface area contributed by atoms with Crippen LogP contribution in [0, 0.1) is 0 Å². The lowest BCUT2D eigenvalue weighted by atomic mass is 10.1. The van der Waals surface area contributed by atoms with Crippen molar-refractivity contribution in [3.05, 3.63) is 0 Å². The third kappa shape index (κ3) is 45.2. The van der Waals surface area contributed by atoms with Crippen LogP contribution in [-0.4, -0.2) is 95.8 Å². The van der Waals surface area contributed by atoms with Gasteiger partial charge in [-0.15, -0.1) is 0 Å². The van der Waals surface area contributed by atoms with E-state index in [1.54, 1.807) is 0 Å². The minimum atomic E-state index is -2.32. The molecule has 0 aromatic heterocycles. The maximum absolute atomic E-state index is 9.50. The van der Waals surface area contributed by atoms with Crippen molar-refractivity contribution in [2.75, 3.05) is 39.5 Å². The largest absolute Gasteiger partial charge is 0.436 e. The SMILES string of the molecule is CCCCCCCC[Si](C)(C)O[Si](C)(C)OC(CCCCCCC)OCCCCCCN(CCCCO)CCCCCCOC(CCCCCCC)O[Si](C)(C)O[Si](C)(C)CCCCCCCC. The smallest absolute Gasteiger partial charge is 0.323 e. The van der Waals surface area contributed by atoms with Crippen LogP contribution in [0.15, 0.2) is 0 Å². The van der Waals surface area contributed by atoms with Crippen molar-refractivity contribution in [2.45, 2.75) is 323 Å². The average molecular weight is 1030 g/mol. The predicted molar refractivity (Wildman–Crippen MR) is 307 cm³/mol. The lowest BCUT2D eigenvalue weighted by Crippen LogP contribution is -2.48. The molecular formula is C56H123NO7Si4. The molecule has 0 fully saturated rings. The Morgan fingerprint density at radius 1 is 0.353 bits per heavy atom. The van der Waals surface area contributed by atoms with Crippen LogP contribution in [0.2, 0.25) is 64.5 Å². The first kappa shape index (κ1) is 68.5. The first-order valence-electron chi connectivity index (χ1n) is 29.9. The van der Waals surface area contributed by atoms with Gasteiger partial charge in [-0.3, -0.25) is 0 Å². The fourth-order valence-electron chi connectivity index (χ4n) is 9.75. The molecule has 0 bridgehead atoms. The maximum Gasteiger partial charge on any atom is 0.323 e. The highest BCUT2D eigenvalue weighted by Gasteiger charge is 2.38. The molecule has 0 aliphatic heterocycles. The van der Waals surface area contributed by atoms with E-state index in [0.29, 0.717) is 0 Å². The van der Waals surface area contributed by atoms with E-state index in [9.17, 15) is 5.11 Å². The highest BCUT2D eigenvalue weighted by atomic mass is 28.4. The molecule has 0 aromatic carbocycles. The highest BCUT2D eigenvalue weighted by Crippen LogP contribution is 2.27. The van der Waals surface area contributed by atoms with E-state index in [1.165, 1.54) is 179 Å². The van der Waals surface area contributed by atoms with E-state index in [1.807, 2.05) is 0 Å². The minimum Gasteiger partial charge on any atom is -0.436 e. The summed E-state index contributed by atoms with van der Waals surface area (Å²) >= 11 is 0. The lowest BCUT2D eigenvalue weighted by molar-refractivity contribution is -0.100. The summed E-state index contributed by atoms with van der Waals surface area (Å²) < 4.78 is 40.5. The summed E-state index contributed by atoms with van der Waals surface area (Å²) in [7, 11) is -8.22. The van der Waals surface area contributed by atoms with Crippen LogP contribution in [0.1, 0.15) is 246 Å². The van der Waals surface area contributed by atoms with Gasteiger partial charge in [-0.05, 0) is 148 Å². The Morgan fingerprint density at radius 2 is 0.647 bits per heavy atom. The Balaban J connectivity index is 4.88. The number of nitrogens with zero attached hydrogens (tertiary/aromatic N) is 1. The Bertz CT molecular complexity index is 996. The molecule has 68 heavy (non-hydrogen) atoms. The van der Waals surface area contributed by atoms with Gasteiger partial charge in [-0.25, -0.2) is 0 Å². The van der Waals surface area contributed by atoms with Gasteiger partial charge in [0.05, 0.1) is 0 Å². The van der Waals surface area contributed by atoms with E-state index in [-0.39, 0.29) is 19.2 Å². The number of aliphatic hydroxyl groups is 1. The number of aliphatic hydroxyl groups excluding tert-OH is 1. The molecule has 0 aliphatic rings. The molecule has 0 rings (SSSR count). The minimum absolute atomic E-state index is 0.146. The molecule has 0 saturated heterocycles. The van der Waals surface area contributed by atoms with Crippen molar-refractivity contribution in [1.82, 2.24) is 4.90 Å². The second kappa shape index (κ2) is 45.0. The second-order valence-corrected chi connectivity index (χ2v) is 38.6. The van der Waals surface area contributed by atoms with Crippen LogP contribution in [-0.2, 0) is 26.6 Å². The molecule has 0 amide bonds. The molecule has 8 nitrogen and oxygen atoms in total. The van der Waals surface area contributed by atoms with Crippen LogP contribution in [0.5, 0.6) is 0 Å². The molecule has 2 atom stereocenters. The first-order chi connectivity index (χ1) is 32.5. The van der Waals surface area contributed by atoms with E-state index < -0.39 is 33.8 Å². The van der Waals surface area contributed by atoms with Crippen LogP contribution < -0.4 is 0 Å². The second-order valence-electron chi connectivity index (χ2n) is 22.9. The van der Waals surface area contributed by atoms with Crippen molar-refractivity contribution in [2.24, 2.45) is 0 Å². The third-order valence-electron chi connectivity index (χ3n) is 13.5. The van der Waals surface area contributed by atoms with E-state index >= 15 is 0 Å². The molecule has 12 heteroatoms. The molecule has 0 aromatic rings. The number of hydrogen-bond acceptors (Lipinski definition) is 8. The van der Waals surface area contributed by atoms with E-state index in [4.69, 9.17) is 26.6 Å². The molecule has 2 unspecified atom stereocenters. The Labute approximate surface area is 430 Å². The fraction of sp³-hybridized carbons (Fsp3) is 1.00. The van der Waals surface area contributed by atoms with E-state index in [2.05, 4.69) is 85.0 Å².